The number of fused-ring (bicyclic) bond motifs is 1. The van der Waals surface area contributed by atoms with E-state index in [4.69, 9.17) is 9.26 Å². The maximum atomic E-state index is 5.28. The van der Waals surface area contributed by atoms with E-state index in [0.717, 1.165) is 43.9 Å². The Labute approximate surface area is 121 Å². The molecule has 0 spiro atoms. The van der Waals surface area contributed by atoms with Crippen molar-refractivity contribution in [3.63, 3.8) is 0 Å². The summed E-state index contributed by atoms with van der Waals surface area (Å²) in [6.45, 7) is 1.32. The molecule has 0 bridgehead atoms. The Kier molecular flexibility index (Phi) is 3.10. The van der Waals surface area contributed by atoms with Crippen LogP contribution >= 0.6 is 0 Å². The zero-order valence-electron chi connectivity index (χ0n) is 11.9. The molecule has 1 saturated carbocycles. The highest BCUT2D eigenvalue weighted by molar-refractivity contribution is 5.25. The van der Waals surface area contributed by atoms with E-state index in [1.165, 1.54) is 0 Å². The van der Waals surface area contributed by atoms with Crippen molar-refractivity contribution in [3.8, 4) is 0 Å². The predicted octanol–water partition coefficient (Wildman–Crippen LogP) is 1.63. The highest BCUT2D eigenvalue weighted by Crippen LogP contribution is 2.38. The number of nitrogens with zero attached hydrogens (tertiary/aromatic N) is 5. The molecular formula is C13H18N6O2. The molecule has 3 heterocycles. The first-order valence-corrected chi connectivity index (χ1v) is 7.36. The summed E-state index contributed by atoms with van der Waals surface area (Å²) in [5, 5.41) is 11.8. The molecule has 1 fully saturated rings. The predicted molar refractivity (Wildman–Crippen MR) is 72.6 cm³/mol. The van der Waals surface area contributed by atoms with Crippen LogP contribution in [0.2, 0.25) is 0 Å². The van der Waals surface area contributed by atoms with E-state index in [0.29, 0.717) is 24.4 Å². The average molecular weight is 290 g/mol. The van der Waals surface area contributed by atoms with Crippen molar-refractivity contribution in [2.75, 3.05) is 12.4 Å². The molecule has 1 aliphatic heterocycles. The van der Waals surface area contributed by atoms with Crippen molar-refractivity contribution < 1.29 is 9.26 Å². The molecule has 21 heavy (non-hydrogen) atoms. The summed E-state index contributed by atoms with van der Waals surface area (Å²) in [6, 6.07) is 0.538. The lowest BCUT2D eigenvalue weighted by Crippen LogP contribution is -2.22. The summed E-state index contributed by atoms with van der Waals surface area (Å²) >= 11 is 0. The molecule has 1 atom stereocenters. The zero-order valence-corrected chi connectivity index (χ0v) is 11.9. The topological polar surface area (TPSA) is 90.9 Å². The van der Waals surface area contributed by atoms with E-state index >= 15 is 0 Å². The molecule has 2 aliphatic rings. The normalized spacial score (nSPS) is 21.3. The zero-order chi connectivity index (χ0) is 14.2. The molecule has 8 nitrogen and oxygen atoms in total. The number of rotatable bonds is 5. The Morgan fingerprint density at radius 1 is 1.33 bits per heavy atom. The molecule has 112 valence electrons. The van der Waals surface area contributed by atoms with Gasteiger partial charge in [0.15, 0.2) is 11.6 Å². The van der Waals surface area contributed by atoms with Gasteiger partial charge in [0.25, 0.3) is 0 Å². The third kappa shape index (κ3) is 2.51. The molecule has 0 aromatic carbocycles. The Hall–Kier alpha value is -1.96. The molecule has 2 aromatic heterocycles. The van der Waals surface area contributed by atoms with E-state index in [2.05, 4.69) is 25.5 Å². The maximum Gasteiger partial charge on any atom is 0.322 e. The largest absolute Gasteiger partial charge is 0.377 e. The van der Waals surface area contributed by atoms with Gasteiger partial charge >= 0.3 is 6.01 Å². The van der Waals surface area contributed by atoms with Gasteiger partial charge in [-0.3, -0.25) is 0 Å². The van der Waals surface area contributed by atoms with Gasteiger partial charge in [0.05, 0.1) is 6.04 Å². The van der Waals surface area contributed by atoms with Gasteiger partial charge in [0.1, 0.15) is 12.4 Å². The standard InChI is InChI=1S/C13H18N6O2/c1-20-7-10-15-12-9(3-2-6-19(12)17-10)14-13-16-11(18-21-13)8-4-5-8/h8-9H,2-7H2,1H3,(H,14,16,18)/t9-/m1/s1. The highest BCUT2D eigenvalue weighted by Gasteiger charge is 2.30. The average Bonchev–Trinajstić information content (AvgIpc) is 3.08. The molecule has 0 amide bonds. The number of anilines is 1. The van der Waals surface area contributed by atoms with Gasteiger partial charge in [-0.15, -0.1) is 0 Å². The summed E-state index contributed by atoms with van der Waals surface area (Å²) in [5.41, 5.74) is 0. The van der Waals surface area contributed by atoms with Gasteiger partial charge < -0.3 is 14.6 Å². The smallest absolute Gasteiger partial charge is 0.322 e. The molecule has 1 N–H and O–H groups in total. The molecule has 2 aromatic rings. The lowest BCUT2D eigenvalue weighted by atomic mass is 10.1. The summed E-state index contributed by atoms with van der Waals surface area (Å²) in [5.74, 6) is 2.94. The number of methoxy groups -OCH3 is 1. The minimum Gasteiger partial charge on any atom is -0.377 e. The third-order valence-corrected chi connectivity index (χ3v) is 3.87. The summed E-state index contributed by atoms with van der Waals surface area (Å²) in [4.78, 5) is 8.96. The quantitative estimate of drug-likeness (QED) is 0.894. The van der Waals surface area contributed by atoms with Gasteiger partial charge in [-0.05, 0) is 25.7 Å². The van der Waals surface area contributed by atoms with Crippen LogP contribution in [0.5, 0.6) is 0 Å². The number of hydrogen-bond acceptors (Lipinski definition) is 7. The van der Waals surface area contributed by atoms with E-state index in [-0.39, 0.29) is 6.04 Å². The minimum absolute atomic E-state index is 0.0596. The van der Waals surface area contributed by atoms with Crippen molar-refractivity contribution in [1.29, 1.82) is 0 Å². The molecular weight excluding hydrogens is 272 g/mol. The van der Waals surface area contributed by atoms with Crippen LogP contribution in [0.4, 0.5) is 6.01 Å². The molecule has 8 heteroatoms. The second kappa shape index (κ2) is 5.10. The van der Waals surface area contributed by atoms with Crippen molar-refractivity contribution in [1.82, 2.24) is 24.9 Å². The van der Waals surface area contributed by atoms with Crippen molar-refractivity contribution >= 4 is 6.01 Å². The van der Waals surface area contributed by atoms with Crippen LogP contribution in [0.1, 0.15) is 55.1 Å². The van der Waals surface area contributed by atoms with Crippen molar-refractivity contribution in [2.45, 2.75) is 50.8 Å². The number of ether oxygens (including phenoxy) is 1. The molecule has 4 rings (SSSR count). The van der Waals surface area contributed by atoms with Gasteiger partial charge in [-0.25, -0.2) is 9.67 Å². The Morgan fingerprint density at radius 3 is 3.05 bits per heavy atom. The van der Waals surface area contributed by atoms with Crippen molar-refractivity contribution in [2.24, 2.45) is 0 Å². The van der Waals surface area contributed by atoms with Crippen LogP contribution in [0, 0.1) is 0 Å². The first-order valence-electron chi connectivity index (χ1n) is 7.36. The SMILES string of the molecule is COCc1nc2n(n1)CCC[C@H]2Nc1nc(C2CC2)no1. The number of aryl methyl sites for hydroxylation is 1. The molecule has 0 saturated heterocycles. The maximum absolute atomic E-state index is 5.28. The Bertz CT molecular complexity index is 632. The van der Waals surface area contributed by atoms with E-state index < -0.39 is 0 Å². The van der Waals surface area contributed by atoms with Crippen molar-refractivity contribution in [3.05, 3.63) is 17.5 Å². The fourth-order valence-corrected chi connectivity index (χ4v) is 2.68. The second-order valence-electron chi connectivity index (χ2n) is 5.61. The molecule has 0 unspecified atom stereocenters. The van der Waals surface area contributed by atoms with Gasteiger partial charge in [-0.1, -0.05) is 5.16 Å². The minimum atomic E-state index is 0.0596. The second-order valence-corrected chi connectivity index (χ2v) is 5.61. The van der Waals surface area contributed by atoms with Crippen LogP contribution in [0.3, 0.4) is 0 Å². The van der Waals surface area contributed by atoms with Gasteiger partial charge in [-0.2, -0.15) is 10.1 Å². The van der Waals surface area contributed by atoms with E-state index in [1.807, 2.05) is 4.68 Å². The van der Waals surface area contributed by atoms with Crippen LogP contribution in [0.25, 0.3) is 0 Å². The lowest BCUT2D eigenvalue weighted by molar-refractivity contribution is 0.177. The fraction of sp³-hybridized carbons (Fsp3) is 0.692. The third-order valence-electron chi connectivity index (χ3n) is 3.87. The molecule has 1 aliphatic carbocycles. The highest BCUT2D eigenvalue weighted by atomic mass is 16.5. The van der Waals surface area contributed by atoms with E-state index in [1.54, 1.807) is 7.11 Å². The van der Waals surface area contributed by atoms with E-state index in [9.17, 15) is 0 Å². The fourth-order valence-electron chi connectivity index (χ4n) is 2.68. The number of nitrogens with one attached hydrogen (secondary N) is 1. The first kappa shape index (κ1) is 12.8. The molecule has 0 radical (unpaired) electrons. The van der Waals surface area contributed by atoms with Crippen LogP contribution in [-0.2, 0) is 17.9 Å². The summed E-state index contributed by atoms with van der Waals surface area (Å²) in [7, 11) is 1.65. The summed E-state index contributed by atoms with van der Waals surface area (Å²) < 4.78 is 12.3. The Balaban J connectivity index is 1.52. The number of hydrogen-bond donors (Lipinski definition) is 1. The lowest BCUT2D eigenvalue weighted by Gasteiger charge is -2.21. The van der Waals surface area contributed by atoms with Crippen LogP contribution in [-0.4, -0.2) is 32.0 Å². The van der Waals surface area contributed by atoms with Crippen LogP contribution < -0.4 is 5.32 Å². The first-order chi connectivity index (χ1) is 10.3. The Morgan fingerprint density at radius 2 is 2.24 bits per heavy atom. The summed E-state index contributed by atoms with van der Waals surface area (Å²) in [6.07, 6.45) is 4.35. The van der Waals surface area contributed by atoms with Gasteiger partial charge in [0.2, 0.25) is 0 Å². The van der Waals surface area contributed by atoms with Crippen LogP contribution in [0.15, 0.2) is 4.52 Å². The number of aromatic nitrogens is 5. The van der Waals surface area contributed by atoms with Gasteiger partial charge in [0, 0.05) is 19.6 Å². The monoisotopic (exact) mass is 290 g/mol.